The van der Waals surface area contributed by atoms with E-state index < -0.39 is 12.0 Å². The van der Waals surface area contributed by atoms with Crippen LogP contribution in [0.1, 0.15) is 19.8 Å². The number of carbonyl (C=O) groups excluding carboxylic acids is 2. The molecule has 0 aromatic carbocycles. The first-order chi connectivity index (χ1) is 9.42. The standard InChI is InChI=1S/C14H27N3O3/c1-11(18)15-13(14(19)20-4)10-17(3)9-12-5-7-16(2)8-6-12/h12-13H,5-10H2,1-4H3,(H,15,18). The average molecular weight is 285 g/mol. The van der Waals surface area contributed by atoms with Crippen molar-refractivity contribution >= 4 is 11.9 Å². The number of esters is 1. The van der Waals surface area contributed by atoms with Crippen molar-refractivity contribution in [3.8, 4) is 0 Å². The second-order valence-corrected chi connectivity index (χ2v) is 5.74. The lowest BCUT2D eigenvalue weighted by Gasteiger charge is -2.32. The predicted octanol–water partition coefficient (Wildman–Crippen LogP) is -0.0623. The minimum absolute atomic E-state index is 0.215. The lowest BCUT2D eigenvalue weighted by Crippen LogP contribution is -2.48. The van der Waals surface area contributed by atoms with Gasteiger partial charge in [0.2, 0.25) is 5.91 Å². The van der Waals surface area contributed by atoms with Gasteiger partial charge < -0.3 is 19.9 Å². The average Bonchev–Trinajstić information content (AvgIpc) is 2.39. The van der Waals surface area contributed by atoms with Gasteiger partial charge in [0, 0.05) is 20.0 Å². The van der Waals surface area contributed by atoms with E-state index >= 15 is 0 Å². The maximum Gasteiger partial charge on any atom is 0.329 e. The van der Waals surface area contributed by atoms with Crippen molar-refractivity contribution in [2.45, 2.75) is 25.8 Å². The molecule has 1 aliphatic heterocycles. The third-order valence-electron chi connectivity index (χ3n) is 3.77. The number of likely N-dealkylation sites (tertiary alicyclic amines) is 1. The Balaban J connectivity index is 2.42. The number of nitrogens with zero attached hydrogens (tertiary/aromatic N) is 2. The van der Waals surface area contributed by atoms with Crippen molar-refractivity contribution in [2.24, 2.45) is 5.92 Å². The fourth-order valence-corrected chi connectivity index (χ4v) is 2.64. The van der Waals surface area contributed by atoms with E-state index in [9.17, 15) is 9.59 Å². The molecule has 6 nitrogen and oxygen atoms in total. The van der Waals surface area contributed by atoms with E-state index in [1.807, 2.05) is 7.05 Å². The van der Waals surface area contributed by atoms with Crippen LogP contribution in [0.15, 0.2) is 0 Å². The summed E-state index contributed by atoms with van der Waals surface area (Å²) in [5.74, 6) is 0.0512. The van der Waals surface area contributed by atoms with Crippen LogP contribution in [-0.2, 0) is 14.3 Å². The first-order valence-electron chi connectivity index (χ1n) is 7.14. The molecule has 116 valence electrons. The number of carbonyl (C=O) groups is 2. The highest BCUT2D eigenvalue weighted by molar-refractivity contribution is 5.83. The van der Waals surface area contributed by atoms with Gasteiger partial charge in [0.15, 0.2) is 0 Å². The van der Waals surface area contributed by atoms with Crippen molar-refractivity contribution in [3.05, 3.63) is 0 Å². The zero-order valence-electron chi connectivity index (χ0n) is 13.0. The normalized spacial score (nSPS) is 18.9. The molecular weight excluding hydrogens is 258 g/mol. The van der Waals surface area contributed by atoms with E-state index in [1.165, 1.54) is 26.9 Å². The fourth-order valence-electron chi connectivity index (χ4n) is 2.64. The summed E-state index contributed by atoms with van der Waals surface area (Å²) in [4.78, 5) is 27.2. The number of hydrogen-bond donors (Lipinski definition) is 1. The lowest BCUT2D eigenvalue weighted by molar-refractivity contribution is -0.145. The predicted molar refractivity (Wildman–Crippen MR) is 77.3 cm³/mol. The Morgan fingerprint density at radius 1 is 1.40 bits per heavy atom. The molecular formula is C14H27N3O3. The van der Waals surface area contributed by atoms with E-state index in [-0.39, 0.29) is 5.91 Å². The number of ether oxygens (including phenoxy) is 1. The third kappa shape index (κ3) is 5.88. The molecule has 0 radical (unpaired) electrons. The summed E-state index contributed by atoms with van der Waals surface area (Å²) in [6.07, 6.45) is 2.37. The van der Waals surface area contributed by atoms with Crippen LogP contribution in [0.3, 0.4) is 0 Å². The number of rotatable bonds is 6. The summed E-state index contributed by atoms with van der Waals surface area (Å²) in [5, 5.41) is 2.64. The van der Waals surface area contributed by atoms with Gasteiger partial charge in [0.05, 0.1) is 7.11 Å². The van der Waals surface area contributed by atoms with Crippen LogP contribution in [0, 0.1) is 5.92 Å². The number of piperidine rings is 1. The van der Waals surface area contributed by atoms with Crippen LogP contribution in [0.25, 0.3) is 0 Å². The topological polar surface area (TPSA) is 61.9 Å². The second kappa shape index (κ2) is 8.21. The van der Waals surface area contributed by atoms with Gasteiger partial charge in [-0.2, -0.15) is 0 Å². The van der Waals surface area contributed by atoms with Crippen LogP contribution in [-0.4, -0.2) is 75.1 Å². The SMILES string of the molecule is COC(=O)C(CN(C)CC1CCN(C)CC1)NC(C)=O. The zero-order valence-corrected chi connectivity index (χ0v) is 13.0. The van der Waals surface area contributed by atoms with Crippen molar-refractivity contribution in [1.82, 2.24) is 15.1 Å². The lowest BCUT2D eigenvalue weighted by atomic mass is 9.96. The molecule has 1 N–H and O–H groups in total. The van der Waals surface area contributed by atoms with Gasteiger partial charge in [-0.1, -0.05) is 0 Å². The quantitative estimate of drug-likeness (QED) is 0.693. The van der Waals surface area contributed by atoms with Gasteiger partial charge in [0.25, 0.3) is 0 Å². The van der Waals surface area contributed by atoms with Crippen LogP contribution in [0.4, 0.5) is 0 Å². The van der Waals surface area contributed by atoms with Gasteiger partial charge in [-0.15, -0.1) is 0 Å². The molecule has 6 heteroatoms. The number of likely N-dealkylation sites (N-methyl/N-ethyl adjacent to an activating group) is 1. The Morgan fingerprint density at radius 3 is 2.50 bits per heavy atom. The summed E-state index contributed by atoms with van der Waals surface area (Å²) in [6.45, 7) is 5.10. The molecule has 0 saturated carbocycles. The van der Waals surface area contributed by atoms with Gasteiger partial charge in [-0.05, 0) is 45.9 Å². The number of amides is 1. The monoisotopic (exact) mass is 285 g/mol. The summed E-state index contributed by atoms with van der Waals surface area (Å²) >= 11 is 0. The van der Waals surface area contributed by atoms with E-state index in [4.69, 9.17) is 4.74 Å². The molecule has 1 amide bonds. The number of methoxy groups -OCH3 is 1. The molecule has 0 bridgehead atoms. The molecule has 20 heavy (non-hydrogen) atoms. The highest BCUT2D eigenvalue weighted by Gasteiger charge is 2.24. The smallest absolute Gasteiger partial charge is 0.329 e. The Bertz CT molecular complexity index is 328. The molecule has 0 aromatic heterocycles. The summed E-state index contributed by atoms with van der Waals surface area (Å²) in [6, 6.07) is -0.589. The molecule has 1 fully saturated rings. The molecule has 1 rings (SSSR count). The Hall–Kier alpha value is -1.14. The van der Waals surface area contributed by atoms with Crippen molar-refractivity contribution in [2.75, 3.05) is 47.4 Å². The van der Waals surface area contributed by atoms with Crippen molar-refractivity contribution in [3.63, 3.8) is 0 Å². The highest BCUT2D eigenvalue weighted by Crippen LogP contribution is 2.16. The number of hydrogen-bond acceptors (Lipinski definition) is 5. The summed E-state index contributed by atoms with van der Waals surface area (Å²) in [5.41, 5.74) is 0. The third-order valence-corrected chi connectivity index (χ3v) is 3.77. The van der Waals surface area contributed by atoms with E-state index in [0.29, 0.717) is 12.5 Å². The van der Waals surface area contributed by atoms with Gasteiger partial charge in [-0.25, -0.2) is 4.79 Å². The first-order valence-corrected chi connectivity index (χ1v) is 7.14. The fraction of sp³-hybridized carbons (Fsp3) is 0.857. The van der Waals surface area contributed by atoms with E-state index in [1.54, 1.807) is 0 Å². The Labute approximate surface area is 121 Å². The van der Waals surface area contributed by atoms with Gasteiger partial charge in [-0.3, -0.25) is 4.79 Å². The van der Waals surface area contributed by atoms with E-state index in [0.717, 1.165) is 19.6 Å². The molecule has 1 atom stereocenters. The maximum absolute atomic E-state index is 11.6. The Kier molecular flexibility index (Phi) is 6.95. The van der Waals surface area contributed by atoms with Crippen LogP contribution in [0.2, 0.25) is 0 Å². The number of nitrogens with one attached hydrogen (secondary N) is 1. The molecule has 1 aliphatic rings. The zero-order chi connectivity index (χ0) is 15.1. The molecule has 1 heterocycles. The molecule has 0 aromatic rings. The largest absolute Gasteiger partial charge is 0.467 e. The van der Waals surface area contributed by atoms with Gasteiger partial charge >= 0.3 is 5.97 Å². The Morgan fingerprint density at radius 2 is 2.00 bits per heavy atom. The van der Waals surface area contributed by atoms with Gasteiger partial charge in [0.1, 0.15) is 6.04 Å². The minimum Gasteiger partial charge on any atom is -0.467 e. The highest BCUT2D eigenvalue weighted by atomic mass is 16.5. The maximum atomic E-state index is 11.6. The summed E-state index contributed by atoms with van der Waals surface area (Å²) < 4.78 is 4.73. The molecule has 0 aliphatic carbocycles. The van der Waals surface area contributed by atoms with Crippen molar-refractivity contribution in [1.29, 1.82) is 0 Å². The molecule has 1 saturated heterocycles. The minimum atomic E-state index is -0.589. The van der Waals surface area contributed by atoms with Crippen molar-refractivity contribution < 1.29 is 14.3 Å². The first kappa shape index (κ1) is 16.9. The van der Waals surface area contributed by atoms with Crippen LogP contribution < -0.4 is 5.32 Å². The molecule has 0 spiro atoms. The van der Waals surface area contributed by atoms with Crippen LogP contribution in [0.5, 0.6) is 0 Å². The van der Waals surface area contributed by atoms with Crippen LogP contribution >= 0.6 is 0 Å². The van der Waals surface area contributed by atoms with E-state index in [2.05, 4.69) is 22.2 Å². The summed E-state index contributed by atoms with van der Waals surface area (Å²) in [7, 11) is 5.47. The second-order valence-electron chi connectivity index (χ2n) is 5.74. The molecule has 1 unspecified atom stereocenters.